The molecule has 1 aliphatic rings. The zero-order valence-corrected chi connectivity index (χ0v) is 17.5. The number of nitrogens with zero attached hydrogens (tertiary/aromatic N) is 2. The number of likely N-dealkylation sites (N-methyl/N-ethyl adjacent to an activating group) is 1. The summed E-state index contributed by atoms with van der Waals surface area (Å²) in [7, 11) is 4.99. The van der Waals surface area contributed by atoms with Crippen molar-refractivity contribution in [2.45, 2.75) is 37.9 Å². The van der Waals surface area contributed by atoms with Crippen molar-refractivity contribution >= 4 is 11.9 Å². The van der Waals surface area contributed by atoms with Gasteiger partial charge in [0.2, 0.25) is 0 Å². The molecule has 3 amide bonds. The first kappa shape index (κ1) is 20.7. The second-order valence-electron chi connectivity index (χ2n) is 7.27. The molecular weight excluding hydrogens is 366 g/mol. The molecule has 29 heavy (non-hydrogen) atoms. The summed E-state index contributed by atoms with van der Waals surface area (Å²) in [6.07, 6.45) is 2.30. The van der Waals surface area contributed by atoms with Crippen LogP contribution >= 0.6 is 0 Å². The zero-order chi connectivity index (χ0) is 21.0. The minimum atomic E-state index is -1.24. The van der Waals surface area contributed by atoms with Gasteiger partial charge in [0.1, 0.15) is 11.9 Å². The Morgan fingerprint density at radius 1 is 1.10 bits per heavy atom. The lowest BCUT2D eigenvalue weighted by atomic mass is 9.81. The standard InChI is InChI=1S/C23H29N3O3/c1-5-6-12-20-25(3)21(27)23(26(20)22(28)24-2,17-10-8-7-9-11-17)18-13-15-19(29-4)16-14-18/h7-11,13-16,20H,5-6,12H2,1-4H3,(H,24,28). The normalized spacial score (nSPS) is 21.4. The molecule has 3 rings (SSSR count). The average molecular weight is 396 g/mol. The molecule has 0 bridgehead atoms. The second-order valence-corrected chi connectivity index (χ2v) is 7.27. The van der Waals surface area contributed by atoms with Gasteiger partial charge in [-0.2, -0.15) is 0 Å². The smallest absolute Gasteiger partial charge is 0.320 e. The lowest BCUT2D eigenvalue weighted by Crippen LogP contribution is -2.54. The predicted molar refractivity (Wildman–Crippen MR) is 113 cm³/mol. The van der Waals surface area contributed by atoms with Crippen molar-refractivity contribution in [2.75, 3.05) is 21.2 Å². The van der Waals surface area contributed by atoms with Crippen molar-refractivity contribution in [1.29, 1.82) is 0 Å². The molecule has 0 aromatic heterocycles. The van der Waals surface area contributed by atoms with Gasteiger partial charge >= 0.3 is 6.03 Å². The predicted octanol–water partition coefficient (Wildman–Crippen LogP) is 3.57. The lowest BCUT2D eigenvalue weighted by molar-refractivity contribution is -0.131. The Kier molecular flexibility index (Phi) is 6.11. The summed E-state index contributed by atoms with van der Waals surface area (Å²) in [5.74, 6) is 0.586. The van der Waals surface area contributed by atoms with Crippen LogP contribution in [0.1, 0.15) is 37.3 Å². The van der Waals surface area contributed by atoms with Crippen molar-refractivity contribution in [3.05, 3.63) is 65.7 Å². The van der Waals surface area contributed by atoms with Gasteiger partial charge in [0.25, 0.3) is 5.91 Å². The van der Waals surface area contributed by atoms with Crippen LogP contribution in [0.25, 0.3) is 0 Å². The van der Waals surface area contributed by atoms with Crippen LogP contribution in [0.3, 0.4) is 0 Å². The SMILES string of the molecule is CCCCC1N(C)C(=O)C(c2ccccc2)(c2ccc(OC)cc2)N1C(=O)NC. The third-order valence-corrected chi connectivity index (χ3v) is 5.68. The summed E-state index contributed by atoms with van der Waals surface area (Å²) in [5, 5.41) is 2.75. The molecule has 1 saturated heterocycles. The van der Waals surface area contributed by atoms with Crippen LogP contribution in [-0.4, -0.2) is 49.1 Å². The number of carbonyl (C=O) groups excluding carboxylic acids is 2. The molecule has 2 aromatic rings. The monoisotopic (exact) mass is 395 g/mol. The molecule has 0 spiro atoms. The van der Waals surface area contributed by atoms with Crippen LogP contribution in [0.2, 0.25) is 0 Å². The number of hydrogen-bond donors (Lipinski definition) is 1. The first-order chi connectivity index (χ1) is 14.0. The topological polar surface area (TPSA) is 61.9 Å². The maximum atomic E-state index is 13.9. The van der Waals surface area contributed by atoms with Gasteiger partial charge in [-0.1, -0.05) is 55.8 Å². The van der Waals surface area contributed by atoms with Crippen LogP contribution in [0.15, 0.2) is 54.6 Å². The van der Waals surface area contributed by atoms with Gasteiger partial charge in [-0.3, -0.25) is 9.69 Å². The van der Waals surface area contributed by atoms with Gasteiger partial charge < -0.3 is 15.0 Å². The number of nitrogens with one attached hydrogen (secondary N) is 1. The number of carbonyl (C=O) groups is 2. The Labute approximate surface area is 172 Å². The molecule has 2 atom stereocenters. The number of amides is 3. The highest BCUT2D eigenvalue weighted by atomic mass is 16.5. The Balaban J connectivity index is 2.28. The Morgan fingerprint density at radius 3 is 2.28 bits per heavy atom. The third kappa shape index (κ3) is 3.33. The Bertz CT molecular complexity index is 853. The van der Waals surface area contributed by atoms with Crippen molar-refractivity contribution in [2.24, 2.45) is 0 Å². The van der Waals surface area contributed by atoms with E-state index in [1.54, 1.807) is 31.0 Å². The molecule has 1 fully saturated rings. The van der Waals surface area contributed by atoms with E-state index in [-0.39, 0.29) is 18.1 Å². The number of hydrogen-bond acceptors (Lipinski definition) is 3. The van der Waals surface area contributed by atoms with Crippen LogP contribution in [0.5, 0.6) is 5.75 Å². The van der Waals surface area contributed by atoms with E-state index in [9.17, 15) is 9.59 Å². The first-order valence-corrected chi connectivity index (χ1v) is 10.0. The van der Waals surface area contributed by atoms with E-state index in [0.717, 1.165) is 30.4 Å². The number of ether oxygens (including phenoxy) is 1. The van der Waals surface area contributed by atoms with Gasteiger partial charge in [-0.25, -0.2) is 4.79 Å². The van der Waals surface area contributed by atoms with Crippen molar-refractivity contribution < 1.29 is 14.3 Å². The number of methoxy groups -OCH3 is 1. The molecule has 1 heterocycles. The van der Waals surface area contributed by atoms with Crippen LogP contribution in [0.4, 0.5) is 4.79 Å². The fourth-order valence-corrected chi connectivity index (χ4v) is 4.21. The van der Waals surface area contributed by atoms with E-state index in [1.165, 1.54) is 0 Å². The average Bonchev–Trinajstić information content (AvgIpc) is 3.00. The number of benzene rings is 2. The quantitative estimate of drug-likeness (QED) is 0.813. The lowest BCUT2D eigenvalue weighted by Gasteiger charge is -2.38. The van der Waals surface area contributed by atoms with Gasteiger partial charge in [-0.05, 0) is 36.1 Å². The molecular formula is C23H29N3O3. The molecule has 1 aliphatic heterocycles. The van der Waals surface area contributed by atoms with Gasteiger partial charge in [-0.15, -0.1) is 0 Å². The summed E-state index contributed by atoms with van der Waals surface area (Å²) in [6, 6.07) is 16.7. The molecule has 2 aromatic carbocycles. The molecule has 0 radical (unpaired) electrons. The van der Waals surface area contributed by atoms with E-state index in [2.05, 4.69) is 12.2 Å². The van der Waals surface area contributed by atoms with Crippen LogP contribution in [-0.2, 0) is 10.3 Å². The fourth-order valence-electron chi connectivity index (χ4n) is 4.21. The molecule has 2 unspecified atom stereocenters. The van der Waals surface area contributed by atoms with Gasteiger partial charge in [0.15, 0.2) is 5.54 Å². The molecule has 154 valence electrons. The van der Waals surface area contributed by atoms with Crippen LogP contribution < -0.4 is 10.1 Å². The minimum absolute atomic E-state index is 0.112. The molecule has 6 heteroatoms. The maximum absolute atomic E-state index is 13.9. The number of urea groups is 1. The second kappa shape index (κ2) is 8.55. The summed E-state index contributed by atoms with van der Waals surface area (Å²) < 4.78 is 5.30. The summed E-state index contributed by atoms with van der Waals surface area (Å²) >= 11 is 0. The van der Waals surface area contributed by atoms with Crippen molar-refractivity contribution in [3.8, 4) is 5.75 Å². The van der Waals surface area contributed by atoms with E-state index in [0.29, 0.717) is 5.75 Å². The molecule has 0 aliphatic carbocycles. The highest BCUT2D eigenvalue weighted by Crippen LogP contribution is 2.45. The Morgan fingerprint density at radius 2 is 1.72 bits per heavy atom. The maximum Gasteiger partial charge on any atom is 0.320 e. The van der Waals surface area contributed by atoms with Crippen molar-refractivity contribution in [3.63, 3.8) is 0 Å². The zero-order valence-electron chi connectivity index (χ0n) is 17.5. The molecule has 1 N–H and O–H groups in total. The third-order valence-electron chi connectivity index (χ3n) is 5.68. The van der Waals surface area contributed by atoms with E-state index in [1.807, 2.05) is 54.6 Å². The van der Waals surface area contributed by atoms with E-state index >= 15 is 0 Å². The summed E-state index contributed by atoms with van der Waals surface area (Å²) in [6.45, 7) is 2.11. The van der Waals surface area contributed by atoms with Gasteiger partial charge in [0, 0.05) is 14.1 Å². The molecule has 0 saturated carbocycles. The van der Waals surface area contributed by atoms with E-state index < -0.39 is 5.54 Å². The van der Waals surface area contributed by atoms with Gasteiger partial charge in [0.05, 0.1) is 7.11 Å². The highest BCUT2D eigenvalue weighted by molar-refractivity contribution is 5.98. The summed E-state index contributed by atoms with van der Waals surface area (Å²) in [5.41, 5.74) is 0.273. The van der Waals surface area contributed by atoms with Crippen LogP contribution in [0, 0.1) is 0 Å². The van der Waals surface area contributed by atoms with E-state index in [4.69, 9.17) is 4.74 Å². The highest BCUT2D eigenvalue weighted by Gasteiger charge is 2.60. The molecule has 6 nitrogen and oxygen atoms in total. The first-order valence-electron chi connectivity index (χ1n) is 10.0. The largest absolute Gasteiger partial charge is 0.497 e. The summed E-state index contributed by atoms with van der Waals surface area (Å²) in [4.78, 5) is 30.5. The fraction of sp³-hybridized carbons (Fsp3) is 0.391. The minimum Gasteiger partial charge on any atom is -0.497 e. The van der Waals surface area contributed by atoms with Crippen molar-refractivity contribution in [1.82, 2.24) is 15.1 Å². The Hall–Kier alpha value is -3.02. The number of rotatable bonds is 6. The number of unbranched alkanes of at least 4 members (excludes halogenated alkanes) is 1.